The van der Waals surface area contributed by atoms with Gasteiger partial charge in [-0.2, -0.15) is 0 Å². The minimum absolute atomic E-state index is 0.0217. The maximum Gasteiger partial charge on any atom is 0.165 e. The van der Waals surface area contributed by atoms with Crippen molar-refractivity contribution < 1.29 is 10.2 Å². The molecule has 6 nitrogen and oxygen atoms in total. The average molecular weight is 400 g/mol. The number of nitrogens with two attached hydrogens (primary N) is 1. The van der Waals surface area contributed by atoms with E-state index in [-0.39, 0.29) is 17.5 Å². The lowest BCUT2D eigenvalue weighted by Crippen LogP contribution is -2.28. The van der Waals surface area contributed by atoms with Crippen molar-refractivity contribution in [2.24, 2.45) is 5.73 Å². The molecule has 4 aromatic rings. The Morgan fingerprint density at radius 3 is 2.43 bits per heavy atom. The summed E-state index contributed by atoms with van der Waals surface area (Å²) in [5.74, 6) is 1.42. The van der Waals surface area contributed by atoms with Crippen LogP contribution in [-0.4, -0.2) is 32.8 Å². The number of para-hydroxylation sites is 1. The fourth-order valence-corrected chi connectivity index (χ4v) is 3.25. The Kier molecular flexibility index (Phi) is 5.50. The minimum atomic E-state index is 0.0217. The van der Waals surface area contributed by atoms with E-state index in [0.29, 0.717) is 23.8 Å². The van der Waals surface area contributed by atoms with E-state index in [1.54, 1.807) is 18.2 Å². The van der Waals surface area contributed by atoms with E-state index in [9.17, 15) is 10.2 Å². The van der Waals surface area contributed by atoms with Crippen LogP contribution in [0.25, 0.3) is 33.4 Å². The third-order valence-corrected chi connectivity index (χ3v) is 5.10. The Hall–Kier alpha value is -3.64. The third-order valence-electron chi connectivity index (χ3n) is 5.10. The van der Waals surface area contributed by atoms with Gasteiger partial charge < -0.3 is 21.3 Å². The number of aromatic nitrogens is 2. The zero-order valence-electron chi connectivity index (χ0n) is 16.7. The predicted molar refractivity (Wildman–Crippen MR) is 120 cm³/mol. The summed E-state index contributed by atoms with van der Waals surface area (Å²) >= 11 is 0. The third kappa shape index (κ3) is 4.04. The van der Waals surface area contributed by atoms with Crippen LogP contribution < -0.4 is 11.1 Å². The number of nitrogens with one attached hydrogen (secondary N) is 1. The van der Waals surface area contributed by atoms with E-state index < -0.39 is 0 Å². The highest BCUT2D eigenvalue weighted by Crippen LogP contribution is 2.34. The Morgan fingerprint density at radius 2 is 1.67 bits per heavy atom. The molecule has 5 N–H and O–H groups in total. The molecule has 1 heterocycles. The molecule has 1 aromatic heterocycles. The molecule has 3 aromatic carbocycles. The van der Waals surface area contributed by atoms with Crippen LogP contribution >= 0.6 is 0 Å². The van der Waals surface area contributed by atoms with Crippen molar-refractivity contribution >= 4 is 16.7 Å². The maximum atomic E-state index is 10.5. The van der Waals surface area contributed by atoms with E-state index in [2.05, 4.69) is 10.3 Å². The predicted octanol–water partition coefficient (Wildman–Crippen LogP) is 4.52. The Bertz CT molecular complexity index is 1180. The van der Waals surface area contributed by atoms with Gasteiger partial charge in [0.2, 0.25) is 0 Å². The number of hydrogen-bond donors (Lipinski definition) is 4. The van der Waals surface area contributed by atoms with Crippen molar-refractivity contribution in [2.45, 2.75) is 19.4 Å². The topological polar surface area (TPSA) is 104 Å². The highest BCUT2D eigenvalue weighted by Gasteiger charge is 2.14. The number of rotatable bonds is 6. The monoisotopic (exact) mass is 400 g/mol. The first-order valence-electron chi connectivity index (χ1n) is 9.94. The highest BCUT2D eigenvalue weighted by molar-refractivity contribution is 5.91. The van der Waals surface area contributed by atoms with Crippen molar-refractivity contribution in [3.05, 3.63) is 66.7 Å². The zero-order chi connectivity index (χ0) is 21.1. The molecule has 1 atom stereocenters. The van der Waals surface area contributed by atoms with Gasteiger partial charge in [-0.1, -0.05) is 37.3 Å². The SMILES string of the molecule is CC[C@H](N)CNc1nc(-c2cc(-c3ccc(O)cc3)ccc2O)nc2ccccc12. The average Bonchev–Trinajstić information content (AvgIpc) is 2.78. The summed E-state index contributed by atoms with van der Waals surface area (Å²) in [5, 5.41) is 24.3. The first-order valence-corrected chi connectivity index (χ1v) is 9.94. The fraction of sp³-hybridized carbons (Fsp3) is 0.167. The number of aromatic hydroxyl groups is 2. The number of phenols is 2. The van der Waals surface area contributed by atoms with E-state index in [1.807, 2.05) is 55.5 Å². The Morgan fingerprint density at radius 1 is 0.933 bits per heavy atom. The lowest BCUT2D eigenvalue weighted by Gasteiger charge is -2.14. The van der Waals surface area contributed by atoms with Gasteiger partial charge in [-0.25, -0.2) is 9.97 Å². The molecule has 0 saturated heterocycles. The summed E-state index contributed by atoms with van der Waals surface area (Å²) in [4.78, 5) is 9.39. The highest BCUT2D eigenvalue weighted by atomic mass is 16.3. The van der Waals surface area contributed by atoms with Crippen LogP contribution in [0.1, 0.15) is 13.3 Å². The van der Waals surface area contributed by atoms with Crippen LogP contribution in [0.4, 0.5) is 5.82 Å². The van der Waals surface area contributed by atoms with Gasteiger partial charge in [0.1, 0.15) is 17.3 Å². The largest absolute Gasteiger partial charge is 0.508 e. The maximum absolute atomic E-state index is 10.5. The zero-order valence-corrected chi connectivity index (χ0v) is 16.7. The normalized spacial score (nSPS) is 12.1. The van der Waals surface area contributed by atoms with Gasteiger partial charge in [-0.3, -0.25) is 0 Å². The lowest BCUT2D eigenvalue weighted by atomic mass is 10.0. The molecule has 4 rings (SSSR count). The molecule has 152 valence electrons. The van der Waals surface area contributed by atoms with Crippen LogP contribution in [0, 0.1) is 0 Å². The van der Waals surface area contributed by atoms with Gasteiger partial charge in [0.15, 0.2) is 5.82 Å². The molecule has 0 aliphatic heterocycles. The van der Waals surface area contributed by atoms with Crippen LogP contribution in [0.3, 0.4) is 0 Å². The molecular formula is C24H24N4O2. The number of fused-ring (bicyclic) bond motifs is 1. The van der Waals surface area contributed by atoms with Crippen molar-refractivity contribution in [2.75, 3.05) is 11.9 Å². The van der Waals surface area contributed by atoms with Crippen LogP contribution in [-0.2, 0) is 0 Å². The molecule has 0 unspecified atom stereocenters. The number of phenolic OH excluding ortho intramolecular Hbond substituents is 2. The standard InChI is InChI=1S/C24H24N4O2/c1-2-17(25)14-26-23-19-5-3-4-6-21(19)27-24(28-23)20-13-16(9-12-22(20)30)15-7-10-18(29)11-8-15/h3-13,17,29-30H,2,14,25H2,1H3,(H,26,27,28)/t17-/m0/s1. The number of anilines is 1. The summed E-state index contributed by atoms with van der Waals surface area (Å²) in [5.41, 5.74) is 9.20. The second-order valence-electron chi connectivity index (χ2n) is 7.24. The Labute approximate surface area is 175 Å². The molecule has 0 amide bonds. The van der Waals surface area contributed by atoms with Crippen LogP contribution in [0.15, 0.2) is 66.7 Å². The van der Waals surface area contributed by atoms with E-state index in [1.165, 1.54) is 0 Å². The van der Waals surface area contributed by atoms with Crippen molar-refractivity contribution in [3.8, 4) is 34.0 Å². The Balaban J connectivity index is 1.80. The summed E-state index contributed by atoms with van der Waals surface area (Å²) in [6.07, 6.45) is 0.859. The molecule has 6 heteroatoms. The van der Waals surface area contributed by atoms with Gasteiger partial charge in [0.25, 0.3) is 0 Å². The van der Waals surface area contributed by atoms with Gasteiger partial charge in [0.05, 0.1) is 11.1 Å². The van der Waals surface area contributed by atoms with Gasteiger partial charge in [0, 0.05) is 18.0 Å². The summed E-state index contributed by atoms with van der Waals surface area (Å²) in [6.45, 7) is 2.64. The molecule has 0 spiro atoms. The van der Waals surface area contributed by atoms with Crippen molar-refractivity contribution in [1.29, 1.82) is 0 Å². The van der Waals surface area contributed by atoms with Crippen molar-refractivity contribution in [1.82, 2.24) is 9.97 Å². The first-order chi connectivity index (χ1) is 14.5. The molecule has 0 saturated carbocycles. The van der Waals surface area contributed by atoms with E-state index in [0.717, 1.165) is 28.5 Å². The van der Waals surface area contributed by atoms with Crippen LogP contribution in [0.5, 0.6) is 11.5 Å². The molecule has 0 radical (unpaired) electrons. The van der Waals surface area contributed by atoms with Crippen LogP contribution in [0.2, 0.25) is 0 Å². The van der Waals surface area contributed by atoms with E-state index in [4.69, 9.17) is 10.7 Å². The second kappa shape index (κ2) is 8.39. The summed E-state index contributed by atoms with van der Waals surface area (Å²) in [7, 11) is 0. The molecule has 0 aliphatic carbocycles. The van der Waals surface area contributed by atoms with Gasteiger partial charge >= 0.3 is 0 Å². The summed E-state index contributed by atoms with van der Waals surface area (Å²) in [6, 6.07) is 20.0. The summed E-state index contributed by atoms with van der Waals surface area (Å²) < 4.78 is 0. The molecule has 0 fully saturated rings. The quantitative estimate of drug-likeness (QED) is 0.379. The molecule has 30 heavy (non-hydrogen) atoms. The van der Waals surface area contributed by atoms with E-state index >= 15 is 0 Å². The molecular weight excluding hydrogens is 376 g/mol. The number of hydrogen-bond acceptors (Lipinski definition) is 6. The first kappa shape index (κ1) is 19.7. The smallest absolute Gasteiger partial charge is 0.165 e. The molecule has 0 aliphatic rings. The molecule has 0 bridgehead atoms. The second-order valence-corrected chi connectivity index (χ2v) is 7.24. The minimum Gasteiger partial charge on any atom is -0.508 e. The van der Waals surface area contributed by atoms with Gasteiger partial charge in [-0.05, 0) is 53.9 Å². The number of benzene rings is 3. The van der Waals surface area contributed by atoms with Gasteiger partial charge in [-0.15, -0.1) is 0 Å². The fourth-order valence-electron chi connectivity index (χ4n) is 3.25. The van der Waals surface area contributed by atoms with Crippen molar-refractivity contribution in [3.63, 3.8) is 0 Å². The lowest BCUT2D eigenvalue weighted by molar-refractivity contribution is 0.475. The number of nitrogens with zero attached hydrogens (tertiary/aromatic N) is 2.